The van der Waals surface area contributed by atoms with Crippen LogP contribution in [-0.4, -0.2) is 25.2 Å². The molecule has 0 saturated heterocycles. The summed E-state index contributed by atoms with van der Waals surface area (Å²) in [5.74, 6) is 1.51. The number of esters is 1. The van der Waals surface area contributed by atoms with E-state index < -0.39 is 0 Å². The Kier molecular flexibility index (Phi) is 2.77. The smallest absolute Gasteiger partial charge is 0.322 e. The molecule has 0 heterocycles. The summed E-state index contributed by atoms with van der Waals surface area (Å²) < 4.78 is 4.71. The van der Waals surface area contributed by atoms with Gasteiger partial charge in [0.25, 0.3) is 0 Å². The van der Waals surface area contributed by atoms with Gasteiger partial charge in [0.1, 0.15) is 6.04 Å². The highest BCUT2D eigenvalue weighted by molar-refractivity contribution is 5.75. The standard InChI is InChI=1S/C11H19NO2/c1-7(11(13)14-2)12-10(8-3-4-8)9-5-6-9/h7-10,12H,3-6H2,1-2H3. The third-order valence-corrected chi connectivity index (χ3v) is 3.26. The van der Waals surface area contributed by atoms with Crippen molar-refractivity contribution >= 4 is 5.97 Å². The number of carbonyl (C=O) groups is 1. The first kappa shape index (κ1) is 9.97. The average molecular weight is 197 g/mol. The van der Waals surface area contributed by atoms with Gasteiger partial charge in [-0.15, -0.1) is 0 Å². The molecule has 0 aromatic heterocycles. The second-order valence-corrected chi connectivity index (χ2v) is 4.61. The molecule has 1 atom stereocenters. The van der Waals surface area contributed by atoms with Crippen LogP contribution >= 0.6 is 0 Å². The number of methoxy groups -OCH3 is 1. The molecule has 0 radical (unpaired) electrons. The number of hydrogen-bond acceptors (Lipinski definition) is 3. The third-order valence-electron chi connectivity index (χ3n) is 3.26. The van der Waals surface area contributed by atoms with Crippen molar-refractivity contribution in [2.75, 3.05) is 7.11 Å². The minimum atomic E-state index is -0.147. The molecule has 0 bridgehead atoms. The van der Waals surface area contributed by atoms with Gasteiger partial charge in [0.05, 0.1) is 7.11 Å². The number of nitrogens with one attached hydrogen (secondary N) is 1. The topological polar surface area (TPSA) is 38.3 Å². The van der Waals surface area contributed by atoms with E-state index in [4.69, 9.17) is 4.74 Å². The Bertz CT molecular complexity index is 209. The van der Waals surface area contributed by atoms with Crippen LogP contribution in [0.25, 0.3) is 0 Å². The maximum Gasteiger partial charge on any atom is 0.322 e. The van der Waals surface area contributed by atoms with Gasteiger partial charge >= 0.3 is 5.97 Å². The van der Waals surface area contributed by atoms with Crippen molar-refractivity contribution in [3.63, 3.8) is 0 Å². The van der Waals surface area contributed by atoms with E-state index >= 15 is 0 Å². The SMILES string of the molecule is COC(=O)C(C)NC(C1CC1)C1CC1. The molecule has 2 saturated carbocycles. The van der Waals surface area contributed by atoms with Crippen LogP contribution in [0.15, 0.2) is 0 Å². The Morgan fingerprint density at radius 2 is 1.79 bits per heavy atom. The number of rotatable bonds is 5. The summed E-state index contributed by atoms with van der Waals surface area (Å²) in [6.07, 6.45) is 5.34. The van der Waals surface area contributed by atoms with E-state index in [9.17, 15) is 4.79 Å². The van der Waals surface area contributed by atoms with Crippen molar-refractivity contribution < 1.29 is 9.53 Å². The molecule has 0 spiro atoms. The first-order valence-electron chi connectivity index (χ1n) is 5.56. The monoisotopic (exact) mass is 197 g/mol. The molecule has 0 aromatic carbocycles. The predicted octanol–water partition coefficient (Wildman–Crippen LogP) is 1.33. The fourth-order valence-corrected chi connectivity index (χ4v) is 2.10. The van der Waals surface area contributed by atoms with Crippen LogP contribution in [0.2, 0.25) is 0 Å². The molecule has 14 heavy (non-hydrogen) atoms. The van der Waals surface area contributed by atoms with Crippen LogP contribution < -0.4 is 5.32 Å². The van der Waals surface area contributed by atoms with Gasteiger partial charge in [-0.05, 0) is 44.4 Å². The van der Waals surface area contributed by atoms with Crippen LogP contribution in [0, 0.1) is 11.8 Å². The summed E-state index contributed by atoms with van der Waals surface area (Å²) in [4.78, 5) is 11.2. The fraction of sp³-hybridized carbons (Fsp3) is 0.909. The molecule has 0 aromatic rings. The first-order valence-corrected chi connectivity index (χ1v) is 5.56. The second kappa shape index (κ2) is 3.89. The molecule has 0 aliphatic heterocycles. The first-order chi connectivity index (χ1) is 6.72. The Labute approximate surface area is 85.2 Å². The van der Waals surface area contributed by atoms with Gasteiger partial charge in [-0.2, -0.15) is 0 Å². The lowest BCUT2D eigenvalue weighted by atomic mass is 10.1. The average Bonchev–Trinajstić information content (AvgIpc) is 3.04. The number of hydrogen-bond donors (Lipinski definition) is 1. The highest BCUT2D eigenvalue weighted by Crippen LogP contribution is 2.44. The quantitative estimate of drug-likeness (QED) is 0.676. The highest BCUT2D eigenvalue weighted by Gasteiger charge is 2.42. The van der Waals surface area contributed by atoms with E-state index in [1.165, 1.54) is 32.8 Å². The van der Waals surface area contributed by atoms with Crippen molar-refractivity contribution in [2.45, 2.75) is 44.7 Å². The van der Waals surface area contributed by atoms with Crippen molar-refractivity contribution in [1.82, 2.24) is 5.32 Å². The molecular formula is C11H19NO2. The normalized spacial score (nSPS) is 23.6. The summed E-state index contributed by atoms with van der Waals surface area (Å²) in [7, 11) is 1.45. The van der Waals surface area contributed by atoms with Crippen LogP contribution in [0.4, 0.5) is 0 Å². The third kappa shape index (κ3) is 2.27. The Balaban J connectivity index is 1.83. The van der Waals surface area contributed by atoms with Gasteiger partial charge in [-0.3, -0.25) is 4.79 Å². The van der Waals surface area contributed by atoms with E-state index in [0.717, 1.165) is 11.8 Å². The van der Waals surface area contributed by atoms with Gasteiger partial charge in [0.15, 0.2) is 0 Å². The molecule has 2 rings (SSSR count). The lowest BCUT2D eigenvalue weighted by molar-refractivity contribution is -0.142. The molecule has 1 N–H and O–H groups in total. The molecule has 2 aliphatic rings. The Morgan fingerprint density at radius 1 is 1.29 bits per heavy atom. The number of carbonyl (C=O) groups excluding carboxylic acids is 1. The molecule has 3 heteroatoms. The minimum absolute atomic E-state index is 0.142. The van der Waals surface area contributed by atoms with Crippen LogP contribution in [0.1, 0.15) is 32.6 Å². The molecule has 3 nitrogen and oxygen atoms in total. The Morgan fingerprint density at radius 3 is 2.14 bits per heavy atom. The molecule has 2 aliphatic carbocycles. The van der Waals surface area contributed by atoms with Crippen molar-refractivity contribution in [1.29, 1.82) is 0 Å². The van der Waals surface area contributed by atoms with Crippen LogP contribution in [0.5, 0.6) is 0 Å². The summed E-state index contributed by atoms with van der Waals surface area (Å²) in [5.41, 5.74) is 0. The van der Waals surface area contributed by atoms with Gasteiger partial charge < -0.3 is 10.1 Å². The molecule has 1 unspecified atom stereocenters. The van der Waals surface area contributed by atoms with Crippen LogP contribution in [0.3, 0.4) is 0 Å². The zero-order chi connectivity index (χ0) is 10.1. The molecule has 0 amide bonds. The Hall–Kier alpha value is -0.570. The number of ether oxygens (including phenoxy) is 1. The maximum atomic E-state index is 11.2. The van der Waals surface area contributed by atoms with E-state index in [-0.39, 0.29) is 12.0 Å². The van der Waals surface area contributed by atoms with Gasteiger partial charge in [-0.1, -0.05) is 0 Å². The van der Waals surface area contributed by atoms with Crippen molar-refractivity contribution in [3.8, 4) is 0 Å². The van der Waals surface area contributed by atoms with E-state index in [1.54, 1.807) is 0 Å². The lowest BCUT2D eigenvalue weighted by Crippen LogP contribution is -2.44. The summed E-state index contributed by atoms with van der Waals surface area (Å²) in [6, 6.07) is 0.426. The van der Waals surface area contributed by atoms with E-state index in [0.29, 0.717) is 6.04 Å². The van der Waals surface area contributed by atoms with Gasteiger partial charge in [0.2, 0.25) is 0 Å². The largest absolute Gasteiger partial charge is 0.468 e. The molecule has 80 valence electrons. The van der Waals surface area contributed by atoms with Crippen LogP contribution in [-0.2, 0) is 9.53 Å². The predicted molar refractivity (Wildman–Crippen MR) is 53.8 cm³/mol. The summed E-state index contributed by atoms with van der Waals surface area (Å²) >= 11 is 0. The molecule has 2 fully saturated rings. The lowest BCUT2D eigenvalue weighted by Gasteiger charge is -2.21. The van der Waals surface area contributed by atoms with Gasteiger partial charge in [0, 0.05) is 6.04 Å². The van der Waals surface area contributed by atoms with Crippen molar-refractivity contribution in [3.05, 3.63) is 0 Å². The van der Waals surface area contributed by atoms with E-state index in [2.05, 4.69) is 5.32 Å². The fourth-order valence-electron chi connectivity index (χ4n) is 2.10. The van der Waals surface area contributed by atoms with E-state index in [1.807, 2.05) is 6.92 Å². The highest BCUT2D eigenvalue weighted by atomic mass is 16.5. The molecular weight excluding hydrogens is 178 g/mol. The minimum Gasteiger partial charge on any atom is -0.468 e. The summed E-state index contributed by atoms with van der Waals surface area (Å²) in [5, 5.41) is 3.42. The zero-order valence-corrected chi connectivity index (χ0v) is 8.95. The maximum absolute atomic E-state index is 11.2. The second-order valence-electron chi connectivity index (χ2n) is 4.61. The van der Waals surface area contributed by atoms with Crippen molar-refractivity contribution in [2.24, 2.45) is 11.8 Å². The van der Waals surface area contributed by atoms with Gasteiger partial charge in [-0.25, -0.2) is 0 Å². The summed E-state index contributed by atoms with van der Waals surface area (Å²) in [6.45, 7) is 1.89. The zero-order valence-electron chi connectivity index (χ0n) is 8.95.